The van der Waals surface area contributed by atoms with Gasteiger partial charge in [0.15, 0.2) is 0 Å². The SMILES string of the molecule is NC(=O)CC#Cc1ccncc1. The highest BCUT2D eigenvalue weighted by Crippen LogP contribution is 1.91. The van der Waals surface area contributed by atoms with Gasteiger partial charge in [0.1, 0.15) is 0 Å². The fourth-order valence-corrected chi connectivity index (χ4v) is 0.669. The van der Waals surface area contributed by atoms with Gasteiger partial charge in [-0.25, -0.2) is 0 Å². The molecule has 0 saturated carbocycles. The number of aromatic nitrogens is 1. The van der Waals surface area contributed by atoms with Crippen LogP contribution >= 0.6 is 0 Å². The predicted octanol–water partition coefficient (Wildman–Crippen LogP) is 0.309. The molecule has 3 nitrogen and oxygen atoms in total. The quantitative estimate of drug-likeness (QED) is 0.601. The monoisotopic (exact) mass is 160 g/mol. The number of hydrogen-bond donors (Lipinski definition) is 1. The molecular formula is C9H8N2O. The van der Waals surface area contributed by atoms with E-state index in [0.29, 0.717) is 0 Å². The Morgan fingerprint density at radius 2 is 2.17 bits per heavy atom. The fraction of sp³-hybridized carbons (Fsp3) is 0.111. The van der Waals surface area contributed by atoms with E-state index < -0.39 is 5.91 Å². The molecule has 0 spiro atoms. The summed E-state index contributed by atoms with van der Waals surface area (Å²) >= 11 is 0. The minimum atomic E-state index is -0.406. The number of hydrogen-bond acceptors (Lipinski definition) is 2. The second-order valence-electron chi connectivity index (χ2n) is 2.18. The average molecular weight is 160 g/mol. The van der Waals surface area contributed by atoms with Crippen LogP contribution in [0, 0.1) is 11.8 Å². The standard InChI is InChI=1S/C9H8N2O/c10-9(12)3-1-2-8-4-6-11-7-5-8/h4-7H,3H2,(H2,10,12). The highest BCUT2D eigenvalue weighted by atomic mass is 16.1. The van der Waals surface area contributed by atoms with Gasteiger partial charge in [-0.15, -0.1) is 0 Å². The molecule has 12 heavy (non-hydrogen) atoms. The molecule has 1 aromatic rings. The van der Waals surface area contributed by atoms with Gasteiger partial charge in [-0.2, -0.15) is 0 Å². The summed E-state index contributed by atoms with van der Waals surface area (Å²) in [4.78, 5) is 14.1. The number of amides is 1. The van der Waals surface area contributed by atoms with Crippen molar-refractivity contribution in [1.29, 1.82) is 0 Å². The van der Waals surface area contributed by atoms with Gasteiger partial charge in [0.2, 0.25) is 5.91 Å². The second-order valence-corrected chi connectivity index (χ2v) is 2.18. The fourth-order valence-electron chi connectivity index (χ4n) is 0.669. The lowest BCUT2D eigenvalue weighted by atomic mass is 10.2. The Balaban J connectivity index is 2.61. The summed E-state index contributed by atoms with van der Waals surface area (Å²) in [5, 5.41) is 0. The van der Waals surface area contributed by atoms with E-state index >= 15 is 0 Å². The largest absolute Gasteiger partial charge is 0.369 e. The smallest absolute Gasteiger partial charge is 0.229 e. The summed E-state index contributed by atoms with van der Waals surface area (Å²) in [7, 11) is 0. The van der Waals surface area contributed by atoms with Gasteiger partial charge in [0.05, 0.1) is 6.42 Å². The molecule has 0 aromatic carbocycles. The van der Waals surface area contributed by atoms with Gasteiger partial charge < -0.3 is 5.73 Å². The van der Waals surface area contributed by atoms with E-state index in [4.69, 9.17) is 5.73 Å². The van der Waals surface area contributed by atoms with Crippen LogP contribution in [0.15, 0.2) is 24.5 Å². The summed E-state index contributed by atoms with van der Waals surface area (Å²) in [6.07, 6.45) is 3.39. The minimum absolute atomic E-state index is 0.0995. The first-order valence-electron chi connectivity index (χ1n) is 3.46. The van der Waals surface area contributed by atoms with Crippen molar-refractivity contribution in [2.45, 2.75) is 6.42 Å². The van der Waals surface area contributed by atoms with E-state index in [0.717, 1.165) is 5.56 Å². The van der Waals surface area contributed by atoms with Crippen LogP contribution in [0.4, 0.5) is 0 Å². The van der Waals surface area contributed by atoms with Crippen LogP contribution in [-0.2, 0) is 4.79 Å². The average Bonchev–Trinajstić information content (AvgIpc) is 2.05. The van der Waals surface area contributed by atoms with Crippen molar-refractivity contribution >= 4 is 5.91 Å². The van der Waals surface area contributed by atoms with E-state index in [1.165, 1.54) is 0 Å². The van der Waals surface area contributed by atoms with Crippen molar-refractivity contribution in [3.8, 4) is 11.8 Å². The number of carbonyl (C=O) groups excluding carboxylic acids is 1. The highest BCUT2D eigenvalue weighted by molar-refractivity contribution is 5.76. The molecule has 60 valence electrons. The summed E-state index contributed by atoms with van der Waals surface area (Å²) in [5.41, 5.74) is 5.74. The molecule has 1 heterocycles. The van der Waals surface area contributed by atoms with Crippen molar-refractivity contribution in [3.63, 3.8) is 0 Å². The van der Waals surface area contributed by atoms with Crippen LogP contribution in [0.25, 0.3) is 0 Å². The van der Waals surface area contributed by atoms with Crippen molar-refractivity contribution in [2.75, 3.05) is 0 Å². The third-order valence-corrected chi connectivity index (χ3v) is 1.18. The number of rotatable bonds is 1. The Bertz CT molecular complexity index is 321. The van der Waals surface area contributed by atoms with E-state index in [-0.39, 0.29) is 6.42 Å². The lowest BCUT2D eigenvalue weighted by Gasteiger charge is -1.85. The third-order valence-electron chi connectivity index (χ3n) is 1.18. The van der Waals surface area contributed by atoms with E-state index in [1.807, 2.05) is 0 Å². The zero-order valence-corrected chi connectivity index (χ0v) is 6.45. The molecule has 0 bridgehead atoms. The topological polar surface area (TPSA) is 56.0 Å². The summed E-state index contributed by atoms with van der Waals surface area (Å²) < 4.78 is 0. The van der Waals surface area contributed by atoms with Gasteiger partial charge in [0, 0.05) is 18.0 Å². The molecular weight excluding hydrogens is 152 g/mol. The first-order valence-corrected chi connectivity index (χ1v) is 3.46. The number of primary amides is 1. The molecule has 0 saturated heterocycles. The van der Waals surface area contributed by atoms with Crippen LogP contribution in [0.3, 0.4) is 0 Å². The molecule has 2 N–H and O–H groups in total. The predicted molar refractivity (Wildman–Crippen MR) is 44.9 cm³/mol. The lowest BCUT2D eigenvalue weighted by molar-refractivity contribution is -0.117. The molecule has 0 radical (unpaired) electrons. The molecule has 0 aliphatic rings. The Labute approximate surface area is 70.6 Å². The van der Waals surface area contributed by atoms with Crippen molar-refractivity contribution in [3.05, 3.63) is 30.1 Å². The molecule has 1 aromatic heterocycles. The number of nitrogens with two attached hydrogens (primary N) is 1. The highest BCUT2D eigenvalue weighted by Gasteiger charge is 1.86. The Hall–Kier alpha value is -1.82. The zero-order chi connectivity index (χ0) is 8.81. The minimum Gasteiger partial charge on any atom is -0.369 e. The molecule has 1 amide bonds. The van der Waals surface area contributed by atoms with Gasteiger partial charge in [-0.3, -0.25) is 9.78 Å². The maximum absolute atomic E-state index is 10.3. The zero-order valence-electron chi connectivity index (χ0n) is 6.45. The number of carbonyl (C=O) groups is 1. The van der Waals surface area contributed by atoms with E-state index in [1.54, 1.807) is 24.5 Å². The first-order chi connectivity index (χ1) is 5.79. The Morgan fingerprint density at radius 1 is 1.50 bits per heavy atom. The molecule has 0 aliphatic carbocycles. The van der Waals surface area contributed by atoms with Crippen LogP contribution in [0.2, 0.25) is 0 Å². The summed E-state index contributed by atoms with van der Waals surface area (Å²) in [6, 6.07) is 3.54. The number of pyridine rings is 1. The lowest BCUT2D eigenvalue weighted by Crippen LogP contribution is -2.08. The normalized spacial score (nSPS) is 8.33. The second kappa shape index (κ2) is 4.14. The van der Waals surface area contributed by atoms with Crippen molar-refractivity contribution in [2.24, 2.45) is 5.73 Å². The van der Waals surface area contributed by atoms with Gasteiger partial charge in [-0.1, -0.05) is 11.8 Å². The van der Waals surface area contributed by atoms with Crippen LogP contribution < -0.4 is 5.73 Å². The van der Waals surface area contributed by atoms with Gasteiger partial charge >= 0.3 is 0 Å². The molecule has 0 unspecified atom stereocenters. The molecule has 0 atom stereocenters. The number of nitrogens with zero attached hydrogens (tertiary/aromatic N) is 1. The van der Waals surface area contributed by atoms with E-state index in [2.05, 4.69) is 16.8 Å². The molecule has 1 rings (SSSR count). The Morgan fingerprint density at radius 3 is 2.75 bits per heavy atom. The molecule has 0 aliphatic heterocycles. The van der Waals surface area contributed by atoms with Gasteiger partial charge in [0.25, 0.3) is 0 Å². The van der Waals surface area contributed by atoms with Crippen LogP contribution in [0.5, 0.6) is 0 Å². The summed E-state index contributed by atoms with van der Waals surface area (Å²) in [5.74, 6) is 5.03. The van der Waals surface area contributed by atoms with Crippen molar-refractivity contribution < 1.29 is 4.79 Å². The molecule has 0 fully saturated rings. The van der Waals surface area contributed by atoms with E-state index in [9.17, 15) is 4.79 Å². The maximum atomic E-state index is 10.3. The third kappa shape index (κ3) is 2.84. The van der Waals surface area contributed by atoms with Crippen molar-refractivity contribution in [1.82, 2.24) is 4.98 Å². The molecule has 3 heteroatoms. The summed E-state index contributed by atoms with van der Waals surface area (Å²) in [6.45, 7) is 0. The Kier molecular flexibility index (Phi) is 2.86. The first kappa shape index (κ1) is 8.28. The van der Waals surface area contributed by atoms with Crippen LogP contribution in [-0.4, -0.2) is 10.9 Å². The van der Waals surface area contributed by atoms with Gasteiger partial charge in [-0.05, 0) is 12.1 Å². The van der Waals surface area contributed by atoms with Crippen LogP contribution in [0.1, 0.15) is 12.0 Å². The maximum Gasteiger partial charge on any atom is 0.229 e.